The Labute approximate surface area is 243 Å². The number of nitrogens with one attached hydrogen (secondary N) is 1. The summed E-state index contributed by atoms with van der Waals surface area (Å²) in [6, 6.07) is 21.9. The summed E-state index contributed by atoms with van der Waals surface area (Å²) < 4.78 is 6.76. The van der Waals surface area contributed by atoms with Crippen molar-refractivity contribution in [2.24, 2.45) is 0 Å². The zero-order valence-corrected chi connectivity index (χ0v) is 24.0. The lowest BCUT2D eigenvalue weighted by Crippen LogP contribution is -2.23. The predicted octanol–water partition coefficient (Wildman–Crippen LogP) is 6.98. The summed E-state index contributed by atoms with van der Waals surface area (Å²) in [6.45, 7) is 3.82. The van der Waals surface area contributed by atoms with Gasteiger partial charge in [-0.05, 0) is 49.2 Å². The number of aryl methyl sites for hydroxylation is 1. The van der Waals surface area contributed by atoms with Gasteiger partial charge in [-0.15, -0.1) is 11.3 Å². The van der Waals surface area contributed by atoms with Crippen LogP contribution in [-0.2, 0) is 9.53 Å². The van der Waals surface area contributed by atoms with E-state index >= 15 is 0 Å². The molecule has 7 nitrogen and oxygen atoms in total. The van der Waals surface area contributed by atoms with Gasteiger partial charge in [0.15, 0.2) is 5.16 Å². The average molecular weight is 590 g/mol. The van der Waals surface area contributed by atoms with Gasteiger partial charge < -0.3 is 10.1 Å². The Kier molecular flexibility index (Phi) is 8.35. The number of carbonyl (C=O) groups is 2. The minimum Gasteiger partial charge on any atom is -0.462 e. The van der Waals surface area contributed by atoms with Crippen LogP contribution in [0.1, 0.15) is 22.8 Å². The fourth-order valence-electron chi connectivity index (χ4n) is 4.14. The standard InChI is InChI=1S/C30H24ClN3O4S2/c1-3-38-29(37)26-22(19-9-5-4-6-10-19)16-39-27(26)33-25(35)17-40-30-32-24-12-8-7-11-21(24)28(36)34(30)20-14-13-18(2)23(31)15-20/h4-16H,3,17H2,1-2H3,(H,33,35). The van der Waals surface area contributed by atoms with Crippen LogP contribution in [-0.4, -0.2) is 33.8 Å². The molecule has 0 aliphatic heterocycles. The summed E-state index contributed by atoms with van der Waals surface area (Å²) in [7, 11) is 0. The fourth-order valence-corrected chi connectivity index (χ4v) is 6.10. The molecule has 202 valence electrons. The maximum Gasteiger partial charge on any atom is 0.341 e. The minimum absolute atomic E-state index is 0.0504. The number of ether oxygens (including phenoxy) is 1. The molecule has 2 aromatic heterocycles. The number of nitrogens with zero attached hydrogens (tertiary/aromatic N) is 2. The van der Waals surface area contributed by atoms with Crippen LogP contribution in [0.3, 0.4) is 0 Å². The normalized spacial score (nSPS) is 11.0. The molecule has 0 aliphatic carbocycles. The first-order chi connectivity index (χ1) is 19.4. The lowest BCUT2D eigenvalue weighted by molar-refractivity contribution is -0.113. The van der Waals surface area contributed by atoms with E-state index in [1.807, 2.05) is 48.7 Å². The van der Waals surface area contributed by atoms with Crippen molar-refractivity contribution in [1.29, 1.82) is 0 Å². The summed E-state index contributed by atoms with van der Waals surface area (Å²) in [5, 5.41) is 6.41. The van der Waals surface area contributed by atoms with Crippen LogP contribution in [0.2, 0.25) is 5.02 Å². The molecule has 0 atom stereocenters. The Hall–Kier alpha value is -3.92. The van der Waals surface area contributed by atoms with Crippen molar-refractivity contribution >= 4 is 62.5 Å². The number of halogens is 1. The summed E-state index contributed by atoms with van der Waals surface area (Å²) in [5.74, 6) is -0.912. The highest BCUT2D eigenvalue weighted by atomic mass is 35.5. The van der Waals surface area contributed by atoms with E-state index in [1.54, 1.807) is 43.3 Å². The Bertz CT molecular complexity index is 1780. The molecule has 0 spiro atoms. The number of hydrogen-bond donors (Lipinski definition) is 1. The highest BCUT2D eigenvalue weighted by Crippen LogP contribution is 2.36. The predicted molar refractivity (Wildman–Crippen MR) is 162 cm³/mol. The third-order valence-electron chi connectivity index (χ3n) is 6.10. The summed E-state index contributed by atoms with van der Waals surface area (Å²) >= 11 is 8.75. The molecule has 1 amide bonds. The second-order valence-electron chi connectivity index (χ2n) is 8.76. The van der Waals surface area contributed by atoms with Crippen LogP contribution >= 0.6 is 34.7 Å². The summed E-state index contributed by atoms with van der Waals surface area (Å²) in [4.78, 5) is 44.2. The lowest BCUT2D eigenvalue weighted by Gasteiger charge is -2.14. The summed E-state index contributed by atoms with van der Waals surface area (Å²) in [5.41, 5.74) is 3.54. The second-order valence-corrected chi connectivity index (χ2v) is 11.0. The molecule has 0 saturated carbocycles. The number of para-hydroxylation sites is 1. The molecule has 1 N–H and O–H groups in total. The van der Waals surface area contributed by atoms with E-state index in [4.69, 9.17) is 16.3 Å². The number of carbonyl (C=O) groups excluding carboxylic acids is 2. The molecule has 40 heavy (non-hydrogen) atoms. The van der Waals surface area contributed by atoms with Crippen molar-refractivity contribution in [3.05, 3.63) is 105 Å². The average Bonchev–Trinajstić information content (AvgIpc) is 3.38. The van der Waals surface area contributed by atoms with Crippen molar-refractivity contribution in [2.75, 3.05) is 17.7 Å². The first kappa shape index (κ1) is 27.6. The molecule has 3 aromatic carbocycles. The van der Waals surface area contributed by atoms with Crippen molar-refractivity contribution < 1.29 is 14.3 Å². The van der Waals surface area contributed by atoms with Crippen LogP contribution < -0.4 is 10.9 Å². The monoisotopic (exact) mass is 589 g/mol. The first-order valence-corrected chi connectivity index (χ1v) is 14.7. The third-order valence-corrected chi connectivity index (χ3v) is 8.34. The molecule has 0 fully saturated rings. The van der Waals surface area contributed by atoms with E-state index in [0.717, 1.165) is 22.9 Å². The van der Waals surface area contributed by atoms with E-state index in [-0.39, 0.29) is 23.8 Å². The van der Waals surface area contributed by atoms with Crippen LogP contribution in [0.5, 0.6) is 0 Å². The number of esters is 1. The van der Waals surface area contributed by atoms with Crippen molar-refractivity contribution in [1.82, 2.24) is 9.55 Å². The molecule has 0 radical (unpaired) electrons. The van der Waals surface area contributed by atoms with Gasteiger partial charge in [-0.3, -0.25) is 14.2 Å². The van der Waals surface area contributed by atoms with Crippen molar-refractivity contribution in [3.8, 4) is 16.8 Å². The summed E-state index contributed by atoms with van der Waals surface area (Å²) in [6.07, 6.45) is 0. The molecule has 0 saturated heterocycles. The highest BCUT2D eigenvalue weighted by molar-refractivity contribution is 7.99. The molecule has 0 unspecified atom stereocenters. The Morgan fingerprint density at radius 2 is 1.82 bits per heavy atom. The fraction of sp³-hybridized carbons (Fsp3) is 0.133. The molecule has 5 aromatic rings. The molecule has 0 bridgehead atoms. The SMILES string of the molecule is CCOC(=O)c1c(-c2ccccc2)csc1NC(=O)CSc1nc2ccccc2c(=O)n1-c1ccc(C)c(Cl)c1. The van der Waals surface area contributed by atoms with Gasteiger partial charge in [0.25, 0.3) is 5.56 Å². The third kappa shape index (κ3) is 5.67. The lowest BCUT2D eigenvalue weighted by atomic mass is 10.0. The minimum atomic E-state index is -0.508. The number of thioether (sulfide) groups is 1. The van der Waals surface area contributed by atoms with E-state index in [2.05, 4.69) is 10.3 Å². The topological polar surface area (TPSA) is 90.3 Å². The molecule has 5 rings (SSSR count). The number of thiophene rings is 1. The van der Waals surface area contributed by atoms with Crippen LogP contribution in [0, 0.1) is 6.92 Å². The Morgan fingerprint density at radius 1 is 1.07 bits per heavy atom. The Morgan fingerprint density at radius 3 is 2.58 bits per heavy atom. The van der Waals surface area contributed by atoms with Crippen LogP contribution in [0.4, 0.5) is 5.00 Å². The first-order valence-electron chi connectivity index (χ1n) is 12.4. The second kappa shape index (κ2) is 12.1. The molecule has 0 aliphatic rings. The van der Waals surface area contributed by atoms with Gasteiger partial charge in [0, 0.05) is 16.0 Å². The number of fused-ring (bicyclic) bond motifs is 1. The van der Waals surface area contributed by atoms with Gasteiger partial charge in [0.2, 0.25) is 5.91 Å². The zero-order valence-electron chi connectivity index (χ0n) is 21.6. The van der Waals surface area contributed by atoms with Gasteiger partial charge in [-0.2, -0.15) is 0 Å². The smallest absolute Gasteiger partial charge is 0.341 e. The van der Waals surface area contributed by atoms with Gasteiger partial charge in [0.1, 0.15) is 10.6 Å². The largest absolute Gasteiger partial charge is 0.462 e. The molecular weight excluding hydrogens is 566 g/mol. The quantitative estimate of drug-likeness (QED) is 0.119. The number of amides is 1. The van der Waals surface area contributed by atoms with Crippen molar-refractivity contribution in [2.45, 2.75) is 19.0 Å². The van der Waals surface area contributed by atoms with Crippen LogP contribution in [0.15, 0.2) is 88.1 Å². The van der Waals surface area contributed by atoms with Gasteiger partial charge in [0.05, 0.1) is 29.0 Å². The van der Waals surface area contributed by atoms with Gasteiger partial charge in [-0.1, -0.05) is 71.9 Å². The molecular formula is C30H24ClN3O4S2. The number of rotatable bonds is 8. The van der Waals surface area contributed by atoms with E-state index in [9.17, 15) is 14.4 Å². The zero-order chi connectivity index (χ0) is 28.2. The molecule has 2 heterocycles. The van der Waals surface area contributed by atoms with Crippen molar-refractivity contribution in [3.63, 3.8) is 0 Å². The maximum absolute atomic E-state index is 13.5. The number of hydrogen-bond acceptors (Lipinski definition) is 7. The van der Waals surface area contributed by atoms with E-state index in [0.29, 0.717) is 42.9 Å². The number of benzene rings is 3. The van der Waals surface area contributed by atoms with Gasteiger partial charge >= 0.3 is 5.97 Å². The van der Waals surface area contributed by atoms with Crippen LogP contribution in [0.25, 0.3) is 27.7 Å². The van der Waals surface area contributed by atoms with Gasteiger partial charge in [-0.25, -0.2) is 9.78 Å². The van der Waals surface area contributed by atoms with E-state index in [1.165, 1.54) is 15.9 Å². The highest BCUT2D eigenvalue weighted by Gasteiger charge is 2.23. The molecule has 10 heteroatoms. The number of aromatic nitrogens is 2. The maximum atomic E-state index is 13.5. The van der Waals surface area contributed by atoms with E-state index < -0.39 is 5.97 Å². The Balaban J connectivity index is 1.45. The number of anilines is 1.